The zero-order valence-electron chi connectivity index (χ0n) is 14.3. The number of benzene rings is 1. The molecule has 1 atom stereocenters. The Morgan fingerprint density at radius 1 is 1.30 bits per heavy atom. The van der Waals surface area contributed by atoms with Crippen LogP contribution in [0.5, 0.6) is 5.75 Å². The summed E-state index contributed by atoms with van der Waals surface area (Å²) in [5.74, 6) is 1.19. The predicted octanol–water partition coefficient (Wildman–Crippen LogP) is 2.85. The zero-order chi connectivity index (χ0) is 16.2. The summed E-state index contributed by atoms with van der Waals surface area (Å²) in [4.78, 5) is 16.6. The number of amides is 1. The van der Waals surface area contributed by atoms with Crippen molar-refractivity contribution in [2.45, 2.75) is 51.2 Å². The molecule has 0 N–H and O–H groups in total. The van der Waals surface area contributed by atoms with Crippen molar-refractivity contribution in [1.82, 2.24) is 9.80 Å². The second-order valence-electron chi connectivity index (χ2n) is 7.02. The number of piperidine rings is 1. The molecule has 0 bridgehead atoms. The first kappa shape index (κ1) is 16.3. The third kappa shape index (κ3) is 4.25. The quantitative estimate of drug-likeness (QED) is 0.837. The van der Waals surface area contributed by atoms with Crippen molar-refractivity contribution in [3.8, 4) is 5.75 Å². The fraction of sp³-hybridized carbons (Fsp3) is 0.632. The minimum Gasteiger partial charge on any atom is -0.487 e. The lowest BCUT2D eigenvalue weighted by atomic mass is 9.98. The lowest BCUT2D eigenvalue weighted by Crippen LogP contribution is -2.56. The molecule has 2 heterocycles. The van der Waals surface area contributed by atoms with Gasteiger partial charge in [0, 0.05) is 12.5 Å². The fourth-order valence-corrected chi connectivity index (χ4v) is 3.55. The number of rotatable bonds is 5. The summed E-state index contributed by atoms with van der Waals surface area (Å²) in [6, 6.07) is 8.69. The standard InChI is InChI=1S/C19H28N2O2/c1-15-6-5-8-17(12-15)23-18-13-21(14-18)19(22)10-9-16-7-3-4-11-20(16)2/h5-6,8,12,16,18H,3-4,7,9-11,13-14H2,1-2H3. The molecule has 2 aliphatic heterocycles. The van der Waals surface area contributed by atoms with Crippen LogP contribution in [0.3, 0.4) is 0 Å². The second kappa shape index (κ2) is 7.35. The van der Waals surface area contributed by atoms with Crippen molar-refractivity contribution in [3.63, 3.8) is 0 Å². The molecule has 3 rings (SSSR count). The highest BCUT2D eigenvalue weighted by Crippen LogP contribution is 2.22. The largest absolute Gasteiger partial charge is 0.487 e. The molecule has 0 aromatic heterocycles. The van der Waals surface area contributed by atoms with Crippen molar-refractivity contribution in [3.05, 3.63) is 29.8 Å². The first-order valence-electron chi connectivity index (χ1n) is 8.83. The molecule has 1 unspecified atom stereocenters. The average Bonchev–Trinajstić information content (AvgIpc) is 2.49. The van der Waals surface area contributed by atoms with Crippen LogP contribution in [0.15, 0.2) is 24.3 Å². The highest BCUT2D eigenvalue weighted by Gasteiger charge is 2.32. The van der Waals surface area contributed by atoms with Crippen LogP contribution in [-0.2, 0) is 4.79 Å². The van der Waals surface area contributed by atoms with E-state index in [1.54, 1.807) is 0 Å². The van der Waals surface area contributed by atoms with Crippen LogP contribution in [0, 0.1) is 6.92 Å². The summed E-state index contributed by atoms with van der Waals surface area (Å²) in [5, 5.41) is 0. The highest BCUT2D eigenvalue weighted by molar-refractivity contribution is 5.77. The zero-order valence-corrected chi connectivity index (χ0v) is 14.3. The lowest BCUT2D eigenvalue weighted by Gasteiger charge is -2.39. The van der Waals surface area contributed by atoms with Crippen molar-refractivity contribution in [2.75, 3.05) is 26.7 Å². The van der Waals surface area contributed by atoms with Gasteiger partial charge in [-0.15, -0.1) is 0 Å². The molecule has 1 amide bonds. The number of aryl methyl sites for hydroxylation is 1. The van der Waals surface area contributed by atoms with E-state index in [9.17, 15) is 4.79 Å². The van der Waals surface area contributed by atoms with E-state index in [0.717, 1.165) is 25.3 Å². The topological polar surface area (TPSA) is 32.8 Å². The molecule has 0 aliphatic carbocycles. The molecular formula is C19H28N2O2. The second-order valence-corrected chi connectivity index (χ2v) is 7.02. The van der Waals surface area contributed by atoms with Gasteiger partial charge < -0.3 is 14.5 Å². The summed E-state index contributed by atoms with van der Waals surface area (Å²) in [6.07, 6.45) is 5.66. The number of hydrogen-bond acceptors (Lipinski definition) is 3. The average molecular weight is 316 g/mol. The van der Waals surface area contributed by atoms with Crippen molar-refractivity contribution in [2.24, 2.45) is 0 Å². The number of ether oxygens (including phenoxy) is 1. The van der Waals surface area contributed by atoms with Gasteiger partial charge >= 0.3 is 0 Å². The Balaban J connectivity index is 1.38. The number of likely N-dealkylation sites (tertiary alicyclic amines) is 2. The van der Waals surface area contributed by atoms with Gasteiger partial charge in [0.1, 0.15) is 11.9 Å². The third-order valence-electron chi connectivity index (χ3n) is 5.11. The Labute approximate surface area is 139 Å². The van der Waals surface area contributed by atoms with E-state index in [1.807, 2.05) is 23.1 Å². The predicted molar refractivity (Wildman–Crippen MR) is 91.7 cm³/mol. The third-order valence-corrected chi connectivity index (χ3v) is 5.11. The molecular weight excluding hydrogens is 288 g/mol. The van der Waals surface area contributed by atoms with Crippen LogP contribution in [0.2, 0.25) is 0 Å². The Morgan fingerprint density at radius 2 is 2.13 bits per heavy atom. The molecule has 1 aromatic rings. The summed E-state index contributed by atoms with van der Waals surface area (Å²) >= 11 is 0. The van der Waals surface area contributed by atoms with Crippen LogP contribution in [-0.4, -0.2) is 54.5 Å². The van der Waals surface area contributed by atoms with Crippen LogP contribution in [0.25, 0.3) is 0 Å². The SMILES string of the molecule is Cc1cccc(OC2CN(C(=O)CCC3CCCCN3C)C2)c1. The van der Waals surface area contributed by atoms with Crippen LogP contribution >= 0.6 is 0 Å². The Hall–Kier alpha value is -1.55. The molecule has 126 valence electrons. The maximum Gasteiger partial charge on any atom is 0.222 e. The van der Waals surface area contributed by atoms with Gasteiger partial charge in [0.2, 0.25) is 5.91 Å². The molecule has 1 aromatic carbocycles. The van der Waals surface area contributed by atoms with E-state index < -0.39 is 0 Å². The first-order chi connectivity index (χ1) is 11.1. The molecule has 2 aliphatic rings. The van der Waals surface area contributed by atoms with E-state index in [-0.39, 0.29) is 12.0 Å². The van der Waals surface area contributed by atoms with E-state index in [2.05, 4.69) is 24.9 Å². The summed E-state index contributed by atoms with van der Waals surface area (Å²) < 4.78 is 5.92. The van der Waals surface area contributed by atoms with Crippen LogP contribution in [0.1, 0.15) is 37.7 Å². The van der Waals surface area contributed by atoms with Gasteiger partial charge in [0.25, 0.3) is 0 Å². The first-order valence-corrected chi connectivity index (χ1v) is 8.83. The Kier molecular flexibility index (Phi) is 5.21. The number of nitrogens with zero attached hydrogens (tertiary/aromatic N) is 2. The van der Waals surface area contributed by atoms with E-state index in [1.165, 1.54) is 31.4 Å². The van der Waals surface area contributed by atoms with Gasteiger partial charge in [0.05, 0.1) is 13.1 Å². The monoisotopic (exact) mass is 316 g/mol. The van der Waals surface area contributed by atoms with Gasteiger partial charge in [-0.1, -0.05) is 18.6 Å². The van der Waals surface area contributed by atoms with Gasteiger partial charge in [-0.2, -0.15) is 0 Å². The Morgan fingerprint density at radius 3 is 2.87 bits per heavy atom. The highest BCUT2D eigenvalue weighted by atomic mass is 16.5. The van der Waals surface area contributed by atoms with Crippen molar-refractivity contribution >= 4 is 5.91 Å². The maximum atomic E-state index is 12.3. The lowest BCUT2D eigenvalue weighted by molar-refractivity contribution is -0.140. The van der Waals surface area contributed by atoms with Gasteiger partial charge in [-0.05, 0) is 57.5 Å². The molecule has 23 heavy (non-hydrogen) atoms. The summed E-state index contributed by atoms with van der Waals surface area (Å²) in [6.45, 7) is 4.70. The number of hydrogen-bond donors (Lipinski definition) is 0. The van der Waals surface area contributed by atoms with Crippen molar-refractivity contribution < 1.29 is 9.53 Å². The van der Waals surface area contributed by atoms with E-state index in [0.29, 0.717) is 12.5 Å². The normalized spacial score (nSPS) is 22.7. The van der Waals surface area contributed by atoms with Gasteiger partial charge in [0.15, 0.2) is 0 Å². The number of carbonyl (C=O) groups excluding carboxylic acids is 1. The summed E-state index contributed by atoms with van der Waals surface area (Å²) in [5.41, 5.74) is 1.20. The summed E-state index contributed by atoms with van der Waals surface area (Å²) in [7, 11) is 2.18. The molecule has 4 nitrogen and oxygen atoms in total. The van der Waals surface area contributed by atoms with Crippen LogP contribution < -0.4 is 4.74 Å². The molecule has 0 spiro atoms. The smallest absolute Gasteiger partial charge is 0.222 e. The fourth-order valence-electron chi connectivity index (χ4n) is 3.55. The van der Waals surface area contributed by atoms with Crippen LogP contribution in [0.4, 0.5) is 0 Å². The molecule has 4 heteroatoms. The maximum absolute atomic E-state index is 12.3. The minimum atomic E-state index is 0.151. The van der Waals surface area contributed by atoms with Gasteiger partial charge in [-0.3, -0.25) is 4.79 Å². The molecule has 2 saturated heterocycles. The van der Waals surface area contributed by atoms with Crippen molar-refractivity contribution in [1.29, 1.82) is 0 Å². The van der Waals surface area contributed by atoms with Gasteiger partial charge in [-0.25, -0.2) is 0 Å². The molecule has 0 saturated carbocycles. The van der Waals surface area contributed by atoms with E-state index >= 15 is 0 Å². The molecule has 2 fully saturated rings. The Bertz CT molecular complexity index is 540. The minimum absolute atomic E-state index is 0.151. The number of carbonyl (C=O) groups is 1. The molecule has 0 radical (unpaired) electrons. The van der Waals surface area contributed by atoms with E-state index in [4.69, 9.17) is 4.74 Å².